The van der Waals surface area contributed by atoms with Gasteiger partial charge in [0.15, 0.2) is 0 Å². The molecule has 3 nitrogen and oxygen atoms in total. The summed E-state index contributed by atoms with van der Waals surface area (Å²) in [5.41, 5.74) is 1.11. The molecule has 6 heteroatoms. The number of nitrogens with zero attached hydrogens (tertiary/aromatic N) is 1. The zero-order valence-electron chi connectivity index (χ0n) is 10.3. The van der Waals surface area contributed by atoms with E-state index in [0.29, 0.717) is 0 Å². The Balaban J connectivity index is 3.01. The molecule has 0 radical (unpaired) electrons. The topological polar surface area (TPSA) is 37.4 Å². The molecule has 0 saturated carbocycles. The van der Waals surface area contributed by atoms with Crippen molar-refractivity contribution < 1.29 is 8.42 Å². The maximum atomic E-state index is 12.3. The van der Waals surface area contributed by atoms with Crippen LogP contribution in [0.3, 0.4) is 0 Å². The molecular weight excluding hydrogens is 293 g/mol. The standard InChI is InChI=1S/C12H17Cl2NO2S/c1-2-11-3-5-12(6-4-11)18(16,17)15(9-7-13)10-8-14/h3-6H,2,7-10H2,1H3. The van der Waals surface area contributed by atoms with E-state index in [-0.39, 0.29) is 29.7 Å². The van der Waals surface area contributed by atoms with Crippen LogP contribution in [0.15, 0.2) is 29.2 Å². The lowest BCUT2D eigenvalue weighted by atomic mass is 10.2. The number of halogens is 2. The molecular formula is C12H17Cl2NO2S. The summed E-state index contributed by atoms with van der Waals surface area (Å²) >= 11 is 11.2. The molecule has 0 aliphatic rings. The molecule has 0 N–H and O–H groups in total. The third-order valence-electron chi connectivity index (χ3n) is 2.64. The second-order valence-corrected chi connectivity index (χ2v) is 6.47. The monoisotopic (exact) mass is 309 g/mol. The summed E-state index contributed by atoms with van der Waals surface area (Å²) in [4.78, 5) is 0.287. The molecule has 0 heterocycles. The van der Waals surface area contributed by atoms with Crippen LogP contribution in [0.5, 0.6) is 0 Å². The van der Waals surface area contributed by atoms with E-state index in [4.69, 9.17) is 23.2 Å². The van der Waals surface area contributed by atoms with Gasteiger partial charge in [-0.25, -0.2) is 8.42 Å². The highest BCUT2D eigenvalue weighted by atomic mass is 35.5. The van der Waals surface area contributed by atoms with Crippen LogP contribution in [0.2, 0.25) is 0 Å². The fourth-order valence-electron chi connectivity index (χ4n) is 1.59. The van der Waals surface area contributed by atoms with E-state index in [1.165, 1.54) is 4.31 Å². The van der Waals surface area contributed by atoms with E-state index in [1.807, 2.05) is 19.1 Å². The van der Waals surface area contributed by atoms with E-state index in [1.54, 1.807) is 12.1 Å². The Morgan fingerprint density at radius 2 is 1.56 bits per heavy atom. The normalized spacial score (nSPS) is 12.0. The fourth-order valence-corrected chi connectivity index (χ4v) is 3.64. The third kappa shape index (κ3) is 3.85. The molecule has 0 aliphatic carbocycles. The molecule has 1 aromatic rings. The summed E-state index contributed by atoms with van der Waals surface area (Å²) in [7, 11) is -3.49. The lowest BCUT2D eigenvalue weighted by Crippen LogP contribution is -2.34. The molecule has 0 amide bonds. The average molecular weight is 310 g/mol. The predicted molar refractivity (Wildman–Crippen MR) is 76.0 cm³/mol. The van der Waals surface area contributed by atoms with Crippen molar-refractivity contribution in [3.63, 3.8) is 0 Å². The van der Waals surface area contributed by atoms with Gasteiger partial charge in [-0.3, -0.25) is 0 Å². The number of benzene rings is 1. The lowest BCUT2D eigenvalue weighted by Gasteiger charge is -2.20. The summed E-state index contributed by atoms with van der Waals surface area (Å²) in [6, 6.07) is 6.91. The second kappa shape index (κ2) is 7.34. The number of rotatable bonds is 7. The molecule has 0 fully saturated rings. The molecule has 1 aromatic carbocycles. The number of hydrogen-bond acceptors (Lipinski definition) is 2. The van der Waals surface area contributed by atoms with Gasteiger partial charge in [0.1, 0.15) is 0 Å². The Morgan fingerprint density at radius 3 is 1.94 bits per heavy atom. The van der Waals surface area contributed by atoms with Gasteiger partial charge in [-0.1, -0.05) is 19.1 Å². The number of sulfonamides is 1. The minimum Gasteiger partial charge on any atom is -0.207 e. The first-order valence-corrected chi connectivity index (χ1v) is 8.28. The molecule has 1 rings (SSSR count). The van der Waals surface area contributed by atoms with Gasteiger partial charge in [-0.05, 0) is 24.1 Å². The zero-order chi connectivity index (χ0) is 13.6. The quantitative estimate of drug-likeness (QED) is 0.726. The Hall–Kier alpha value is -0.290. The second-order valence-electron chi connectivity index (χ2n) is 3.78. The summed E-state index contributed by atoms with van der Waals surface area (Å²) in [6.45, 7) is 2.56. The summed E-state index contributed by atoms with van der Waals surface area (Å²) in [6.07, 6.45) is 0.882. The van der Waals surface area contributed by atoms with Gasteiger partial charge in [0.2, 0.25) is 10.0 Å². The maximum absolute atomic E-state index is 12.3. The van der Waals surface area contributed by atoms with Crippen molar-refractivity contribution in [3.05, 3.63) is 29.8 Å². The van der Waals surface area contributed by atoms with E-state index >= 15 is 0 Å². The van der Waals surface area contributed by atoms with E-state index in [9.17, 15) is 8.42 Å². The average Bonchev–Trinajstić information content (AvgIpc) is 2.38. The number of aryl methyl sites for hydroxylation is 1. The van der Waals surface area contributed by atoms with Crippen LogP contribution >= 0.6 is 23.2 Å². The van der Waals surface area contributed by atoms with Crippen LogP contribution in [-0.4, -0.2) is 37.6 Å². The van der Waals surface area contributed by atoms with E-state index in [0.717, 1.165) is 12.0 Å². The summed E-state index contributed by atoms with van der Waals surface area (Å²) in [5, 5.41) is 0. The van der Waals surface area contributed by atoms with Gasteiger partial charge in [-0.2, -0.15) is 4.31 Å². The van der Waals surface area contributed by atoms with Crippen LogP contribution in [0.4, 0.5) is 0 Å². The van der Waals surface area contributed by atoms with Crippen LogP contribution in [0, 0.1) is 0 Å². The Labute approximate surface area is 119 Å². The van der Waals surface area contributed by atoms with Crippen molar-refractivity contribution in [2.45, 2.75) is 18.2 Å². The molecule has 0 aromatic heterocycles. The summed E-state index contributed by atoms with van der Waals surface area (Å²) in [5.74, 6) is 0.506. The van der Waals surface area contributed by atoms with Gasteiger partial charge >= 0.3 is 0 Å². The van der Waals surface area contributed by atoms with Crippen molar-refractivity contribution in [1.29, 1.82) is 0 Å². The van der Waals surface area contributed by atoms with Crippen LogP contribution in [0.25, 0.3) is 0 Å². The molecule has 18 heavy (non-hydrogen) atoms. The van der Waals surface area contributed by atoms with Crippen molar-refractivity contribution in [2.75, 3.05) is 24.8 Å². The van der Waals surface area contributed by atoms with Crippen LogP contribution in [-0.2, 0) is 16.4 Å². The highest BCUT2D eigenvalue weighted by molar-refractivity contribution is 7.89. The summed E-state index contributed by atoms with van der Waals surface area (Å²) < 4.78 is 26.0. The van der Waals surface area contributed by atoms with Crippen LogP contribution in [0.1, 0.15) is 12.5 Å². The van der Waals surface area contributed by atoms with Gasteiger partial charge in [0.05, 0.1) is 4.90 Å². The lowest BCUT2D eigenvalue weighted by molar-refractivity contribution is 0.448. The Kier molecular flexibility index (Phi) is 6.43. The molecule has 0 aliphatic heterocycles. The first-order chi connectivity index (χ1) is 8.56. The third-order valence-corrected chi connectivity index (χ3v) is 4.89. The molecule has 0 spiro atoms. The van der Waals surface area contributed by atoms with E-state index < -0.39 is 10.0 Å². The minimum atomic E-state index is -3.49. The fraction of sp³-hybridized carbons (Fsp3) is 0.500. The molecule has 0 atom stereocenters. The highest BCUT2D eigenvalue weighted by Gasteiger charge is 2.23. The smallest absolute Gasteiger partial charge is 0.207 e. The molecule has 0 unspecified atom stereocenters. The van der Waals surface area contributed by atoms with Crippen molar-refractivity contribution in [2.24, 2.45) is 0 Å². The van der Waals surface area contributed by atoms with Crippen molar-refractivity contribution in [1.82, 2.24) is 4.31 Å². The minimum absolute atomic E-state index is 0.253. The van der Waals surface area contributed by atoms with E-state index in [2.05, 4.69) is 0 Å². The molecule has 0 saturated heterocycles. The largest absolute Gasteiger partial charge is 0.243 e. The Bertz CT molecular complexity index is 453. The number of alkyl halides is 2. The molecule has 102 valence electrons. The Morgan fingerprint density at radius 1 is 1.06 bits per heavy atom. The number of hydrogen-bond donors (Lipinski definition) is 0. The first kappa shape index (κ1) is 15.8. The first-order valence-electron chi connectivity index (χ1n) is 5.77. The zero-order valence-corrected chi connectivity index (χ0v) is 12.6. The predicted octanol–water partition coefficient (Wildman–Crippen LogP) is 2.72. The molecule has 0 bridgehead atoms. The van der Waals surface area contributed by atoms with Gasteiger partial charge in [-0.15, -0.1) is 23.2 Å². The van der Waals surface area contributed by atoms with Crippen molar-refractivity contribution >= 4 is 33.2 Å². The van der Waals surface area contributed by atoms with Gasteiger partial charge in [0, 0.05) is 24.8 Å². The van der Waals surface area contributed by atoms with Crippen LogP contribution < -0.4 is 0 Å². The maximum Gasteiger partial charge on any atom is 0.243 e. The highest BCUT2D eigenvalue weighted by Crippen LogP contribution is 2.16. The van der Waals surface area contributed by atoms with Gasteiger partial charge in [0.25, 0.3) is 0 Å². The van der Waals surface area contributed by atoms with Crippen molar-refractivity contribution in [3.8, 4) is 0 Å². The SMILES string of the molecule is CCc1ccc(S(=O)(=O)N(CCCl)CCCl)cc1. The van der Waals surface area contributed by atoms with Gasteiger partial charge < -0.3 is 0 Å².